The Hall–Kier alpha value is -9.70. The summed E-state index contributed by atoms with van der Waals surface area (Å²) in [7, 11) is 0. The van der Waals surface area contributed by atoms with Crippen molar-refractivity contribution in [2.45, 2.75) is 76.6 Å². The maximum atomic E-state index is 2.69. The fraction of sp³-hybridized carbons (Fsp3) is 0.143. The highest BCUT2D eigenvalue weighted by Crippen LogP contribution is 2.54. The highest BCUT2D eigenvalue weighted by molar-refractivity contribution is 6.90. The largest absolute Gasteiger partial charge is 0.335 e. The van der Waals surface area contributed by atoms with Crippen molar-refractivity contribution in [1.29, 1.82) is 0 Å². The van der Waals surface area contributed by atoms with E-state index in [0.717, 1.165) is 5.69 Å². The van der Waals surface area contributed by atoms with E-state index >= 15 is 0 Å². The molecule has 0 N–H and O–H groups in total. The third-order valence-corrected chi connectivity index (χ3v) is 19.6. The average molecular weight is 1120 g/mol. The minimum atomic E-state index is -0.263. The number of anilines is 4. The normalized spacial score (nSPS) is 15.6. The number of nitrogens with zero attached hydrogens (tertiary/aromatic N) is 2. The molecule has 420 valence electrons. The first-order valence-electron chi connectivity index (χ1n) is 31.1. The first-order valence-corrected chi connectivity index (χ1v) is 31.1. The minimum absolute atomic E-state index is 0.00359. The van der Waals surface area contributed by atoms with Gasteiger partial charge in [0.2, 0.25) is 6.71 Å². The minimum Gasteiger partial charge on any atom is -0.335 e. The number of para-hydroxylation sites is 2. The van der Waals surface area contributed by atoms with Crippen LogP contribution in [-0.4, -0.2) is 12.8 Å². The van der Waals surface area contributed by atoms with Crippen molar-refractivity contribution in [3.63, 3.8) is 0 Å². The van der Waals surface area contributed by atoms with E-state index in [2.05, 4.69) is 349 Å². The van der Waals surface area contributed by atoms with Crippen LogP contribution < -0.4 is 20.7 Å². The molecule has 2 nitrogen and oxygen atoms in total. The molecule has 0 saturated carbocycles. The summed E-state index contributed by atoms with van der Waals surface area (Å²) >= 11 is 0. The summed E-state index contributed by atoms with van der Waals surface area (Å²) in [5.74, 6) is 0.00359. The maximum Gasteiger partial charge on any atom is 0.226 e. The smallest absolute Gasteiger partial charge is 0.226 e. The molecule has 0 radical (unpaired) electrons. The highest BCUT2D eigenvalue weighted by Gasteiger charge is 2.53. The van der Waals surface area contributed by atoms with Crippen molar-refractivity contribution in [1.82, 2.24) is 0 Å². The third-order valence-electron chi connectivity index (χ3n) is 19.6. The molecule has 0 spiro atoms. The van der Waals surface area contributed by atoms with Crippen LogP contribution in [0.2, 0.25) is 5.82 Å². The van der Waals surface area contributed by atoms with Gasteiger partial charge in [-0.05, 0) is 171 Å². The quantitative estimate of drug-likeness (QED) is 0.0995. The van der Waals surface area contributed by atoms with Crippen LogP contribution in [0.1, 0.15) is 81.8 Å². The molecule has 0 saturated heterocycles. The van der Waals surface area contributed by atoms with Crippen LogP contribution in [0.5, 0.6) is 0 Å². The summed E-state index contributed by atoms with van der Waals surface area (Å²) < 4.78 is 0. The molecule has 2 aliphatic heterocycles. The number of benzene rings is 12. The van der Waals surface area contributed by atoms with E-state index in [0.29, 0.717) is 0 Å². The molecule has 1 aliphatic carbocycles. The number of rotatable bonds is 10. The van der Waals surface area contributed by atoms with E-state index in [4.69, 9.17) is 0 Å². The summed E-state index contributed by atoms with van der Waals surface area (Å²) in [4.78, 5) is 5.32. The average Bonchev–Trinajstić information content (AvgIpc) is 0.750. The molecule has 12 aromatic carbocycles. The maximum absolute atomic E-state index is 2.69. The van der Waals surface area contributed by atoms with Crippen molar-refractivity contribution >= 4 is 67.5 Å². The fourth-order valence-corrected chi connectivity index (χ4v) is 14.9. The molecule has 12 aromatic rings. The molecule has 3 aliphatic rings. The lowest BCUT2D eigenvalue weighted by Gasteiger charge is -2.53. The Morgan fingerprint density at radius 3 is 1.32 bits per heavy atom. The zero-order chi connectivity index (χ0) is 59.2. The van der Waals surface area contributed by atoms with E-state index in [1.54, 1.807) is 0 Å². The molecule has 15 rings (SSSR count). The van der Waals surface area contributed by atoms with Gasteiger partial charge in [0.1, 0.15) is 0 Å². The lowest BCUT2D eigenvalue weighted by molar-refractivity contribution is 0.590. The molecular weight excluding hydrogens is 1050 g/mol. The molecule has 0 fully saturated rings. The Labute approximate surface area is 514 Å². The number of hydrogen-bond acceptors (Lipinski definition) is 2. The summed E-state index contributed by atoms with van der Waals surface area (Å²) in [6.07, 6.45) is 5.23. The molecule has 2 atom stereocenters. The van der Waals surface area contributed by atoms with Gasteiger partial charge in [0.15, 0.2) is 0 Å². The van der Waals surface area contributed by atoms with Gasteiger partial charge in [-0.15, -0.1) is 0 Å². The van der Waals surface area contributed by atoms with Gasteiger partial charge >= 0.3 is 0 Å². The molecule has 0 amide bonds. The first-order chi connectivity index (χ1) is 42.3. The van der Waals surface area contributed by atoms with Crippen LogP contribution in [0.15, 0.2) is 297 Å². The second-order valence-corrected chi connectivity index (χ2v) is 26.4. The summed E-state index contributed by atoms with van der Waals surface area (Å²) in [5.41, 5.74) is 24.5. The van der Waals surface area contributed by atoms with Crippen LogP contribution in [-0.2, 0) is 16.2 Å². The summed E-state index contributed by atoms with van der Waals surface area (Å²) in [5, 5.41) is 4.97. The van der Waals surface area contributed by atoms with Gasteiger partial charge in [-0.25, -0.2) is 0 Å². The topological polar surface area (TPSA) is 6.48 Å². The van der Waals surface area contributed by atoms with Crippen LogP contribution in [0.4, 0.5) is 22.7 Å². The van der Waals surface area contributed by atoms with Gasteiger partial charge in [0.05, 0.1) is 6.04 Å². The van der Waals surface area contributed by atoms with E-state index in [9.17, 15) is 0 Å². The van der Waals surface area contributed by atoms with Gasteiger partial charge in [-0.1, -0.05) is 279 Å². The van der Waals surface area contributed by atoms with Crippen LogP contribution in [0, 0.1) is 0 Å². The van der Waals surface area contributed by atoms with E-state index < -0.39 is 0 Å². The fourth-order valence-electron chi connectivity index (χ4n) is 14.9. The molecule has 3 heteroatoms. The van der Waals surface area contributed by atoms with Crippen molar-refractivity contribution in [3.8, 4) is 33.4 Å². The molecule has 87 heavy (non-hydrogen) atoms. The van der Waals surface area contributed by atoms with Crippen molar-refractivity contribution in [2.75, 3.05) is 9.80 Å². The second-order valence-electron chi connectivity index (χ2n) is 26.4. The molecule has 0 bridgehead atoms. The van der Waals surface area contributed by atoms with E-state index in [1.807, 2.05) is 0 Å². The van der Waals surface area contributed by atoms with E-state index in [1.165, 1.54) is 128 Å². The number of hydrogen-bond donors (Lipinski definition) is 0. The van der Waals surface area contributed by atoms with Gasteiger partial charge < -0.3 is 9.80 Å². The van der Waals surface area contributed by atoms with Crippen LogP contribution in [0.25, 0.3) is 60.5 Å². The molecule has 2 heterocycles. The SMILES string of the molecule is CC(C)(C)c1cccc(-c2cc(C3=CC4C5B(c6cc(C(C)(C)c7ccccc7)ccc6N(c6ccccc6)C5=C3)c3cc(C(C)(C)c5ccccc5)ccc3N4c3ccccc3)cc(-c3c4ccccc4c(-c4ccccc4)c4ccccc34)c2)c1. The summed E-state index contributed by atoms with van der Waals surface area (Å²) in [6.45, 7) is 16.5. The number of fused-ring (bicyclic) bond motifs is 6. The van der Waals surface area contributed by atoms with Crippen molar-refractivity contribution in [2.24, 2.45) is 0 Å². The van der Waals surface area contributed by atoms with E-state index in [-0.39, 0.29) is 34.8 Å². The van der Waals surface area contributed by atoms with Crippen LogP contribution in [0.3, 0.4) is 0 Å². The predicted molar refractivity (Wildman–Crippen MR) is 372 cm³/mol. The molecular formula is C84H71BN2. The Morgan fingerprint density at radius 1 is 0.333 bits per heavy atom. The zero-order valence-corrected chi connectivity index (χ0v) is 50.8. The Morgan fingerprint density at radius 2 is 0.770 bits per heavy atom. The highest BCUT2D eigenvalue weighted by atomic mass is 15.2. The first kappa shape index (κ1) is 54.0. The standard InChI is InChI=1S/C84H71BN2/c1-82(2,3)64-35-27-30-57(51-64)58-48-59(50-61(49-58)80-71-42-25-23-40-69(71)79(56-28-13-8-14-29-56)70-41-24-26-43-72(70)80)60-52-77-81-78(53-60)87(68-38-21-12-22-39-68)76-47-45-66(84(6,7)63-33-17-10-18-34-63)55-74(76)85(81)73-54-65(83(4,5)62-31-15-9-16-32-62)44-46-75(73)86(77)67-36-19-11-20-37-67/h8-55,77,81H,1-7H3. The number of allylic oxidation sites excluding steroid dienone is 2. The zero-order valence-electron chi connectivity index (χ0n) is 50.8. The van der Waals surface area contributed by atoms with Crippen molar-refractivity contribution < 1.29 is 0 Å². The second kappa shape index (κ2) is 21.1. The Kier molecular flexibility index (Phi) is 13.1. The van der Waals surface area contributed by atoms with Gasteiger partial charge in [0, 0.05) is 45.1 Å². The van der Waals surface area contributed by atoms with Crippen molar-refractivity contribution in [3.05, 3.63) is 330 Å². The van der Waals surface area contributed by atoms with Gasteiger partial charge in [-0.2, -0.15) is 0 Å². The molecule has 2 unspecified atom stereocenters. The Balaban J connectivity index is 1.03. The monoisotopic (exact) mass is 1120 g/mol. The summed E-state index contributed by atoms with van der Waals surface area (Å²) in [6, 6.07) is 105. The lowest BCUT2D eigenvalue weighted by atomic mass is 9.28. The lowest BCUT2D eigenvalue weighted by Crippen LogP contribution is -2.63. The predicted octanol–water partition coefficient (Wildman–Crippen LogP) is 20.6. The van der Waals surface area contributed by atoms with Gasteiger partial charge in [0.25, 0.3) is 0 Å². The Bertz CT molecular complexity index is 4610. The van der Waals surface area contributed by atoms with Crippen LogP contribution >= 0.6 is 0 Å². The van der Waals surface area contributed by atoms with Gasteiger partial charge in [-0.3, -0.25) is 0 Å². The molecule has 0 aromatic heterocycles. The third kappa shape index (κ3) is 9.17.